The zero-order valence-electron chi connectivity index (χ0n) is 22.5. The van der Waals surface area contributed by atoms with E-state index in [0.29, 0.717) is 18.7 Å². The van der Waals surface area contributed by atoms with E-state index in [2.05, 4.69) is 9.71 Å². The zero-order valence-corrected chi connectivity index (χ0v) is 23.3. The van der Waals surface area contributed by atoms with Gasteiger partial charge in [0, 0.05) is 18.7 Å². The van der Waals surface area contributed by atoms with Gasteiger partial charge in [-0.25, -0.2) is 12.8 Å². The van der Waals surface area contributed by atoms with Gasteiger partial charge in [0.1, 0.15) is 16.7 Å². The first-order chi connectivity index (χ1) is 18.8. The molecule has 1 unspecified atom stereocenters. The van der Waals surface area contributed by atoms with Crippen LogP contribution in [0.3, 0.4) is 0 Å². The van der Waals surface area contributed by atoms with Crippen LogP contribution in [0.2, 0.25) is 0 Å². The van der Waals surface area contributed by atoms with Gasteiger partial charge in [-0.15, -0.1) is 4.40 Å². The molecule has 1 fully saturated rings. The number of hydrogen-bond acceptors (Lipinski definition) is 6. The fraction of sp³-hybridized carbons (Fsp3) is 0.536. The molecule has 2 atom stereocenters. The number of hydrogen-bond donors (Lipinski definition) is 2. The number of benzene rings is 2. The summed E-state index contributed by atoms with van der Waals surface area (Å²) in [6.45, 7) is 4.17. The SMILES string of the molecule is CC1(C)OC(N[C@@H](CCO)c2ccccc2F)=NS(=O)(=O)C1c1ccc(C2CCN(CCC(F)(F)F)CC2)cc1. The van der Waals surface area contributed by atoms with E-state index in [1.54, 1.807) is 38.1 Å². The highest BCUT2D eigenvalue weighted by Gasteiger charge is 2.47. The number of nitrogens with zero attached hydrogens (tertiary/aromatic N) is 2. The third-order valence-corrected chi connectivity index (χ3v) is 9.36. The van der Waals surface area contributed by atoms with Gasteiger partial charge in [-0.2, -0.15) is 13.2 Å². The Balaban J connectivity index is 1.47. The fourth-order valence-electron chi connectivity index (χ4n) is 5.54. The first-order valence-electron chi connectivity index (χ1n) is 13.3. The van der Waals surface area contributed by atoms with Crippen LogP contribution in [-0.2, 0) is 14.8 Å². The first-order valence-corrected chi connectivity index (χ1v) is 14.8. The molecule has 40 heavy (non-hydrogen) atoms. The molecular formula is C28H35F4N3O4S. The summed E-state index contributed by atoms with van der Waals surface area (Å²) in [5.74, 6) is -0.323. The Morgan fingerprint density at radius 2 is 1.73 bits per heavy atom. The summed E-state index contributed by atoms with van der Waals surface area (Å²) in [6.07, 6.45) is -3.42. The second kappa shape index (κ2) is 12.0. The summed E-state index contributed by atoms with van der Waals surface area (Å²) < 4.78 is 88.6. The number of alkyl halides is 3. The van der Waals surface area contributed by atoms with E-state index < -0.39 is 45.3 Å². The molecule has 0 aliphatic carbocycles. The van der Waals surface area contributed by atoms with Gasteiger partial charge in [0.2, 0.25) is 0 Å². The molecule has 7 nitrogen and oxygen atoms in total. The maximum Gasteiger partial charge on any atom is 0.390 e. The Morgan fingerprint density at radius 3 is 2.30 bits per heavy atom. The second-order valence-corrected chi connectivity index (χ2v) is 12.6. The molecule has 4 rings (SSSR count). The lowest BCUT2D eigenvalue weighted by Crippen LogP contribution is -2.47. The molecule has 220 valence electrons. The van der Waals surface area contributed by atoms with Crippen molar-refractivity contribution in [2.24, 2.45) is 4.40 Å². The van der Waals surface area contributed by atoms with Gasteiger partial charge >= 0.3 is 12.2 Å². The maximum atomic E-state index is 14.4. The van der Waals surface area contributed by atoms with Crippen LogP contribution < -0.4 is 5.32 Å². The summed E-state index contributed by atoms with van der Waals surface area (Å²) in [6, 6.07) is 12.2. The van der Waals surface area contributed by atoms with Gasteiger partial charge < -0.3 is 20.1 Å². The molecule has 1 saturated heterocycles. The molecule has 2 aliphatic heterocycles. The molecule has 2 aliphatic rings. The lowest BCUT2D eigenvalue weighted by molar-refractivity contribution is -0.138. The van der Waals surface area contributed by atoms with E-state index in [1.165, 1.54) is 12.1 Å². The molecule has 0 amide bonds. The summed E-state index contributed by atoms with van der Waals surface area (Å²) in [4.78, 5) is 1.83. The van der Waals surface area contributed by atoms with Crippen molar-refractivity contribution in [2.45, 2.75) is 68.5 Å². The monoisotopic (exact) mass is 585 g/mol. The van der Waals surface area contributed by atoms with Crippen molar-refractivity contribution in [2.75, 3.05) is 26.2 Å². The quantitative estimate of drug-likeness (QED) is 0.414. The van der Waals surface area contributed by atoms with Crippen LogP contribution in [0.1, 0.15) is 73.4 Å². The van der Waals surface area contributed by atoms with Crippen molar-refractivity contribution in [3.63, 3.8) is 0 Å². The topological polar surface area (TPSA) is 91.2 Å². The van der Waals surface area contributed by atoms with Crippen LogP contribution in [0.4, 0.5) is 17.6 Å². The number of piperidine rings is 1. The number of likely N-dealkylation sites (tertiary alicyclic amines) is 1. The van der Waals surface area contributed by atoms with Crippen molar-refractivity contribution >= 4 is 16.0 Å². The summed E-state index contributed by atoms with van der Waals surface area (Å²) >= 11 is 0. The Bertz CT molecular complexity index is 1290. The van der Waals surface area contributed by atoms with Crippen molar-refractivity contribution in [1.29, 1.82) is 0 Å². The normalized spacial score (nSPS) is 22.3. The largest absolute Gasteiger partial charge is 0.457 e. The zero-order chi connectivity index (χ0) is 29.1. The van der Waals surface area contributed by atoms with E-state index in [-0.39, 0.29) is 37.1 Å². The fourth-order valence-corrected chi connectivity index (χ4v) is 7.23. The Labute approximate surface area is 232 Å². The standard InChI is InChI=1S/C28H35F4N3O4S/c1-27(2)25(21-9-7-19(8-10-21)20-11-15-35(16-12-20)17-14-28(30,31)32)40(37,38)34-26(39-27)33-24(13-18-36)22-5-3-4-6-23(22)29/h3-10,20,24-25,36H,11-18H2,1-2H3,(H,33,34)/t24-,25?/m0/s1. The minimum absolute atomic E-state index is 0.00216. The molecule has 2 N–H and O–H groups in total. The van der Waals surface area contributed by atoms with Gasteiger partial charge in [0.05, 0.1) is 12.5 Å². The van der Waals surface area contributed by atoms with E-state index in [1.807, 2.05) is 17.0 Å². The number of aliphatic hydroxyl groups excluding tert-OH is 1. The number of rotatable bonds is 8. The average Bonchev–Trinajstić information content (AvgIpc) is 2.86. The summed E-state index contributed by atoms with van der Waals surface area (Å²) in [5.41, 5.74) is 0.531. The van der Waals surface area contributed by atoms with Gasteiger partial charge in [-0.1, -0.05) is 42.5 Å². The highest BCUT2D eigenvalue weighted by atomic mass is 32.2. The Kier molecular flexibility index (Phi) is 9.11. The molecule has 0 spiro atoms. The molecule has 0 saturated carbocycles. The van der Waals surface area contributed by atoms with Crippen LogP contribution >= 0.6 is 0 Å². The number of nitrogens with one attached hydrogen (secondary N) is 1. The number of halogens is 4. The molecule has 2 aromatic rings. The number of aliphatic hydroxyl groups is 1. The highest BCUT2D eigenvalue weighted by molar-refractivity contribution is 7.90. The van der Waals surface area contributed by atoms with Crippen LogP contribution in [0.15, 0.2) is 52.9 Å². The van der Waals surface area contributed by atoms with E-state index in [0.717, 1.165) is 18.4 Å². The van der Waals surface area contributed by atoms with Crippen molar-refractivity contribution in [3.8, 4) is 0 Å². The number of sulfonamides is 1. The van der Waals surface area contributed by atoms with Gasteiger partial charge in [-0.3, -0.25) is 0 Å². The summed E-state index contributed by atoms with van der Waals surface area (Å²) in [5, 5.41) is 11.2. The van der Waals surface area contributed by atoms with Crippen LogP contribution in [0.5, 0.6) is 0 Å². The van der Waals surface area contributed by atoms with Crippen molar-refractivity contribution in [3.05, 3.63) is 71.0 Å². The second-order valence-electron chi connectivity index (χ2n) is 10.9. The van der Waals surface area contributed by atoms with Gasteiger partial charge in [-0.05, 0) is 69.3 Å². The maximum absolute atomic E-state index is 14.4. The third kappa shape index (κ3) is 7.32. The average molecular weight is 586 g/mol. The molecule has 0 radical (unpaired) electrons. The van der Waals surface area contributed by atoms with Gasteiger partial charge in [0.15, 0.2) is 0 Å². The molecule has 0 bridgehead atoms. The lowest BCUT2D eigenvalue weighted by Gasteiger charge is -2.38. The lowest BCUT2D eigenvalue weighted by atomic mass is 9.88. The number of ether oxygens (including phenoxy) is 1. The summed E-state index contributed by atoms with van der Waals surface area (Å²) in [7, 11) is -4.10. The van der Waals surface area contributed by atoms with E-state index >= 15 is 0 Å². The third-order valence-electron chi connectivity index (χ3n) is 7.50. The molecule has 2 aromatic carbocycles. The van der Waals surface area contributed by atoms with E-state index in [4.69, 9.17) is 4.74 Å². The van der Waals surface area contributed by atoms with E-state index in [9.17, 15) is 31.1 Å². The van der Waals surface area contributed by atoms with Crippen LogP contribution in [-0.4, -0.2) is 62.5 Å². The highest BCUT2D eigenvalue weighted by Crippen LogP contribution is 2.41. The van der Waals surface area contributed by atoms with Gasteiger partial charge in [0.25, 0.3) is 10.0 Å². The van der Waals surface area contributed by atoms with Crippen LogP contribution in [0.25, 0.3) is 0 Å². The Hall–Kier alpha value is -2.70. The Morgan fingerprint density at radius 1 is 1.10 bits per heavy atom. The van der Waals surface area contributed by atoms with Crippen molar-refractivity contribution in [1.82, 2.24) is 10.2 Å². The van der Waals surface area contributed by atoms with Crippen LogP contribution in [0, 0.1) is 5.82 Å². The molecule has 2 heterocycles. The smallest absolute Gasteiger partial charge is 0.390 e. The predicted octanol–water partition coefficient (Wildman–Crippen LogP) is 5.21. The molecular weight excluding hydrogens is 550 g/mol. The first kappa shape index (κ1) is 30.3. The molecule has 12 heteroatoms. The minimum Gasteiger partial charge on any atom is -0.457 e. The minimum atomic E-state index is -4.16. The molecule has 0 aromatic heterocycles. The number of amidine groups is 1. The van der Waals surface area contributed by atoms with Crippen molar-refractivity contribution < 1.29 is 35.8 Å². The predicted molar refractivity (Wildman–Crippen MR) is 144 cm³/mol.